The van der Waals surface area contributed by atoms with E-state index < -0.39 is 5.60 Å². The summed E-state index contributed by atoms with van der Waals surface area (Å²) in [7, 11) is 6.46. The number of ketones is 1. The van der Waals surface area contributed by atoms with Crippen LogP contribution in [0.5, 0.6) is 23.0 Å². The number of ether oxygens (including phenoxy) is 5. The van der Waals surface area contributed by atoms with E-state index in [0.29, 0.717) is 35.8 Å². The van der Waals surface area contributed by atoms with E-state index in [-0.39, 0.29) is 17.8 Å². The minimum atomic E-state index is -0.959. The molecule has 7 heteroatoms. The second-order valence-corrected chi connectivity index (χ2v) is 9.16. The largest absolute Gasteiger partial charge is 0.493 e. The average Bonchev–Trinajstić information content (AvgIpc) is 3.65. The highest BCUT2D eigenvalue weighted by Crippen LogP contribution is 2.56. The van der Waals surface area contributed by atoms with Gasteiger partial charge in [0.05, 0.1) is 34.5 Å². The molecule has 3 unspecified atom stereocenters. The van der Waals surface area contributed by atoms with Crippen molar-refractivity contribution in [1.29, 1.82) is 0 Å². The van der Waals surface area contributed by atoms with Crippen LogP contribution in [0.15, 0.2) is 60.4 Å². The van der Waals surface area contributed by atoms with E-state index in [1.165, 1.54) is 0 Å². The van der Waals surface area contributed by atoms with E-state index in [1.807, 2.05) is 60.9 Å². The van der Waals surface area contributed by atoms with Crippen molar-refractivity contribution in [2.75, 3.05) is 28.4 Å². The number of aromatic nitrogens is 1. The van der Waals surface area contributed by atoms with Crippen LogP contribution in [-0.4, -0.2) is 44.8 Å². The molecule has 3 atom stereocenters. The van der Waals surface area contributed by atoms with Crippen molar-refractivity contribution in [3.63, 3.8) is 0 Å². The van der Waals surface area contributed by atoms with Crippen LogP contribution in [0.1, 0.15) is 48.0 Å². The minimum absolute atomic E-state index is 0.0476. The standard InChI is InChI=1S/C29H31NO6/c1-32-24-7-5-19(15-26(24)34-3)22-14-21(13-18-10-12-30-17-18)28(31)29(22)11-9-23(36-29)20-6-8-25(33-2)27(16-20)35-4/h5-8,10,12-13,15-17,22-23,30H,9,11,14H2,1-4H3. The van der Waals surface area contributed by atoms with E-state index in [4.69, 9.17) is 23.7 Å². The van der Waals surface area contributed by atoms with Gasteiger partial charge in [-0.15, -0.1) is 0 Å². The Hall–Kier alpha value is -3.71. The fraction of sp³-hybridized carbons (Fsp3) is 0.345. The Morgan fingerprint density at radius 1 is 0.889 bits per heavy atom. The van der Waals surface area contributed by atoms with Gasteiger partial charge in [-0.3, -0.25) is 4.79 Å². The summed E-state index contributed by atoms with van der Waals surface area (Å²) < 4.78 is 28.7. The van der Waals surface area contributed by atoms with Gasteiger partial charge in [-0.2, -0.15) is 0 Å². The smallest absolute Gasteiger partial charge is 0.191 e. The molecule has 1 aromatic heterocycles. The predicted octanol–water partition coefficient (Wildman–Crippen LogP) is 5.48. The fourth-order valence-corrected chi connectivity index (χ4v) is 5.54. The van der Waals surface area contributed by atoms with E-state index in [2.05, 4.69) is 4.98 Å². The van der Waals surface area contributed by atoms with Crippen molar-refractivity contribution >= 4 is 11.9 Å². The van der Waals surface area contributed by atoms with Gasteiger partial charge in [-0.1, -0.05) is 12.1 Å². The zero-order chi connectivity index (χ0) is 25.3. The van der Waals surface area contributed by atoms with Crippen molar-refractivity contribution in [1.82, 2.24) is 4.98 Å². The minimum Gasteiger partial charge on any atom is -0.493 e. The average molecular weight is 490 g/mol. The molecule has 0 radical (unpaired) electrons. The molecule has 36 heavy (non-hydrogen) atoms. The van der Waals surface area contributed by atoms with Crippen LogP contribution >= 0.6 is 0 Å². The second kappa shape index (κ2) is 9.74. The molecule has 2 fully saturated rings. The molecule has 1 aliphatic carbocycles. The molecule has 0 bridgehead atoms. The highest BCUT2D eigenvalue weighted by atomic mass is 16.5. The van der Waals surface area contributed by atoms with Gasteiger partial charge in [-0.05, 0) is 77.9 Å². The Morgan fingerprint density at radius 3 is 2.14 bits per heavy atom. The number of hydrogen-bond donors (Lipinski definition) is 1. The van der Waals surface area contributed by atoms with Gasteiger partial charge in [0.15, 0.2) is 28.8 Å². The van der Waals surface area contributed by atoms with Crippen LogP contribution in [0, 0.1) is 0 Å². The predicted molar refractivity (Wildman–Crippen MR) is 136 cm³/mol. The van der Waals surface area contributed by atoms with Crippen molar-refractivity contribution < 1.29 is 28.5 Å². The lowest BCUT2D eigenvalue weighted by Gasteiger charge is -2.30. The molecular weight excluding hydrogens is 458 g/mol. The van der Waals surface area contributed by atoms with Gasteiger partial charge < -0.3 is 28.7 Å². The molecule has 2 heterocycles. The summed E-state index contributed by atoms with van der Waals surface area (Å²) in [5.74, 6) is 2.48. The van der Waals surface area contributed by atoms with Crippen LogP contribution in [0.25, 0.3) is 6.08 Å². The van der Waals surface area contributed by atoms with E-state index >= 15 is 0 Å². The van der Waals surface area contributed by atoms with E-state index in [1.54, 1.807) is 28.4 Å². The zero-order valence-corrected chi connectivity index (χ0v) is 21.0. The molecule has 1 aliphatic heterocycles. The second-order valence-electron chi connectivity index (χ2n) is 9.16. The van der Waals surface area contributed by atoms with Crippen LogP contribution in [0.2, 0.25) is 0 Å². The maximum atomic E-state index is 14.0. The Kier molecular flexibility index (Phi) is 6.49. The van der Waals surface area contributed by atoms with Crippen molar-refractivity contribution in [2.45, 2.75) is 36.9 Å². The van der Waals surface area contributed by atoms with Crippen LogP contribution in [0.4, 0.5) is 0 Å². The number of nitrogens with one attached hydrogen (secondary N) is 1. The molecule has 188 valence electrons. The van der Waals surface area contributed by atoms with Gasteiger partial charge in [0.1, 0.15) is 5.60 Å². The summed E-state index contributed by atoms with van der Waals surface area (Å²) in [4.78, 5) is 17.1. The van der Waals surface area contributed by atoms with Gasteiger partial charge in [0.25, 0.3) is 0 Å². The number of rotatable bonds is 7. The Labute approximate surface area is 211 Å². The van der Waals surface area contributed by atoms with Crippen molar-refractivity contribution in [3.8, 4) is 23.0 Å². The van der Waals surface area contributed by atoms with Crippen molar-refractivity contribution in [3.05, 3.63) is 77.1 Å². The summed E-state index contributed by atoms with van der Waals surface area (Å²) >= 11 is 0. The monoisotopic (exact) mass is 489 g/mol. The molecule has 1 saturated heterocycles. The summed E-state index contributed by atoms with van der Waals surface area (Å²) in [6.45, 7) is 0. The first kappa shape index (κ1) is 24.0. The summed E-state index contributed by atoms with van der Waals surface area (Å²) in [5, 5.41) is 0. The third kappa shape index (κ3) is 4.03. The number of benzene rings is 2. The summed E-state index contributed by atoms with van der Waals surface area (Å²) in [6, 6.07) is 13.6. The molecule has 3 aromatic rings. The molecule has 1 spiro atoms. The highest BCUT2D eigenvalue weighted by Gasteiger charge is 2.58. The lowest BCUT2D eigenvalue weighted by molar-refractivity contribution is -0.138. The maximum absolute atomic E-state index is 14.0. The molecule has 1 saturated carbocycles. The fourth-order valence-electron chi connectivity index (χ4n) is 5.54. The molecule has 1 N–H and O–H groups in total. The third-order valence-electron chi connectivity index (χ3n) is 7.35. The quantitative estimate of drug-likeness (QED) is 0.443. The topological polar surface area (TPSA) is 79.0 Å². The third-order valence-corrected chi connectivity index (χ3v) is 7.35. The molecule has 2 aromatic carbocycles. The number of H-pyrrole nitrogens is 1. The number of methoxy groups -OCH3 is 4. The number of hydrogen-bond acceptors (Lipinski definition) is 6. The van der Waals surface area contributed by atoms with Gasteiger partial charge in [0, 0.05) is 18.3 Å². The van der Waals surface area contributed by atoms with Crippen LogP contribution in [0.3, 0.4) is 0 Å². The normalized spacial score (nSPS) is 24.4. The Balaban J connectivity index is 1.54. The molecule has 7 nitrogen and oxygen atoms in total. The number of aromatic amines is 1. The number of carbonyl (C=O) groups excluding carboxylic acids is 1. The maximum Gasteiger partial charge on any atom is 0.191 e. The molecular formula is C29H31NO6. The van der Waals surface area contributed by atoms with E-state index in [0.717, 1.165) is 28.7 Å². The lowest BCUT2D eigenvalue weighted by atomic mass is 9.82. The van der Waals surface area contributed by atoms with Crippen molar-refractivity contribution in [2.24, 2.45) is 0 Å². The number of carbonyl (C=O) groups is 1. The Bertz CT molecular complexity index is 1280. The first-order valence-electron chi connectivity index (χ1n) is 12.0. The lowest BCUT2D eigenvalue weighted by Crippen LogP contribution is -2.38. The van der Waals surface area contributed by atoms with Gasteiger partial charge >= 0.3 is 0 Å². The number of Topliss-reactive ketones (excluding diaryl/α,β-unsaturated/α-hetero) is 1. The van der Waals surface area contributed by atoms with Crippen LogP contribution in [-0.2, 0) is 9.53 Å². The van der Waals surface area contributed by atoms with E-state index in [9.17, 15) is 4.79 Å². The van der Waals surface area contributed by atoms with Crippen LogP contribution < -0.4 is 18.9 Å². The summed E-state index contributed by atoms with van der Waals surface area (Å²) in [5.41, 5.74) is 2.73. The first-order valence-corrected chi connectivity index (χ1v) is 12.0. The summed E-state index contributed by atoms with van der Waals surface area (Å²) in [6.07, 6.45) is 7.40. The highest BCUT2D eigenvalue weighted by molar-refractivity contribution is 6.09. The zero-order valence-electron chi connectivity index (χ0n) is 21.0. The Morgan fingerprint density at radius 2 is 1.53 bits per heavy atom. The van der Waals surface area contributed by atoms with Gasteiger partial charge in [-0.25, -0.2) is 0 Å². The first-order chi connectivity index (χ1) is 17.5. The van der Waals surface area contributed by atoms with Gasteiger partial charge in [0.2, 0.25) is 0 Å². The molecule has 2 aliphatic rings. The SMILES string of the molecule is COc1ccc(C2CCC3(O2)C(=O)C(=Cc2cc[nH]c2)CC3c2ccc(OC)c(OC)c2)cc1OC. The molecule has 5 rings (SSSR count). The molecule has 0 amide bonds.